The van der Waals surface area contributed by atoms with E-state index in [9.17, 15) is 40.1 Å². The maximum absolute atomic E-state index is 14.8. The molecule has 0 radical (unpaired) electrons. The van der Waals surface area contributed by atoms with Gasteiger partial charge in [-0.15, -0.1) is 0 Å². The third kappa shape index (κ3) is 4.90. The average molecular weight is 531 g/mol. The van der Waals surface area contributed by atoms with Crippen molar-refractivity contribution in [2.24, 2.45) is 29.6 Å². The quantitative estimate of drug-likeness (QED) is 0.276. The number of hydrogen-bond donors (Lipinski definition) is 0. The topological polar surface area (TPSA) is 128 Å². The van der Waals surface area contributed by atoms with Crippen molar-refractivity contribution >= 4 is 22.1 Å². The lowest BCUT2D eigenvalue weighted by Gasteiger charge is -2.41. The Hall–Kier alpha value is -1.51. The van der Waals surface area contributed by atoms with Gasteiger partial charge in [0.05, 0.1) is 11.8 Å². The third-order valence-electron chi connectivity index (χ3n) is 7.64. The number of carbonyl (C=O) groups is 2. The van der Waals surface area contributed by atoms with E-state index in [-0.39, 0.29) is 19.6 Å². The van der Waals surface area contributed by atoms with Crippen molar-refractivity contribution in [2.45, 2.75) is 61.9 Å². The van der Waals surface area contributed by atoms with Gasteiger partial charge < -0.3 is 23.5 Å². The highest BCUT2D eigenvalue weighted by Gasteiger charge is 2.72. The zero-order chi connectivity index (χ0) is 25.6. The monoisotopic (exact) mass is 531 g/mol. The van der Waals surface area contributed by atoms with Gasteiger partial charge in [0.15, 0.2) is 10.1 Å². The van der Waals surface area contributed by atoms with E-state index in [1.807, 2.05) is 0 Å². The Morgan fingerprint density at radius 2 is 1.26 bits per heavy atom. The summed E-state index contributed by atoms with van der Waals surface area (Å²) < 4.78 is 112. The number of ether oxygens (including phenoxy) is 4. The highest BCUT2D eigenvalue weighted by molar-refractivity contribution is 7.86. The van der Waals surface area contributed by atoms with Crippen molar-refractivity contribution in [3.05, 3.63) is 0 Å². The normalized spacial score (nSPS) is 33.0. The molecule has 200 valence electrons. The van der Waals surface area contributed by atoms with E-state index in [0.29, 0.717) is 38.9 Å². The molecule has 2 aliphatic carbocycles. The van der Waals surface area contributed by atoms with E-state index < -0.39 is 81.5 Å². The van der Waals surface area contributed by atoms with Gasteiger partial charge in [-0.1, -0.05) is 0 Å². The summed E-state index contributed by atoms with van der Waals surface area (Å²) in [6.07, 6.45) is -1.94. The summed E-state index contributed by atoms with van der Waals surface area (Å²) in [6, 6.07) is 0. The van der Waals surface area contributed by atoms with Crippen LogP contribution in [0.3, 0.4) is 0 Å². The molecule has 4 fully saturated rings. The van der Waals surface area contributed by atoms with Gasteiger partial charge in [0.1, 0.15) is 12.2 Å². The molecule has 2 aliphatic heterocycles. The molecule has 4 aliphatic rings. The fourth-order valence-corrected chi connectivity index (χ4v) is 6.18. The molecule has 2 saturated carbocycles. The minimum Gasteiger partial charge on any atom is -0.743 e. The Bertz CT molecular complexity index is 916. The molecule has 0 aromatic heterocycles. The Kier molecular flexibility index (Phi) is 7.39. The SMILES string of the molecule is O=C(OC1C2CC(C1OC(=O)C1CCOCC1)C(C(F)(F)C(F)(F)S(=O)(=O)[O-])C2)C1CCOCC1. The standard InChI is InChI=1S/C21H28F4O9S/c22-20(23,21(24,25)35(28,29)30)15-10-13-9-14(15)17(34-19(27)12-3-7-32-8-4-12)16(13)33-18(26)11-1-5-31-6-2-11/h11-17H,1-10H2,(H,28,29,30)/p-1. The third-order valence-corrected chi connectivity index (χ3v) is 8.54. The molecule has 0 amide bonds. The van der Waals surface area contributed by atoms with Crippen molar-refractivity contribution in [1.29, 1.82) is 0 Å². The smallest absolute Gasteiger partial charge is 0.396 e. The second-order valence-corrected chi connectivity index (χ2v) is 11.1. The van der Waals surface area contributed by atoms with Crippen molar-refractivity contribution in [2.75, 3.05) is 26.4 Å². The number of halogens is 4. The molecule has 2 bridgehead atoms. The molecule has 0 spiro atoms. The van der Waals surface area contributed by atoms with Crippen LogP contribution in [0.5, 0.6) is 0 Å². The fourth-order valence-electron chi connectivity index (χ4n) is 5.70. The van der Waals surface area contributed by atoms with E-state index in [0.717, 1.165) is 0 Å². The van der Waals surface area contributed by atoms with E-state index in [1.165, 1.54) is 0 Å². The lowest BCUT2D eigenvalue weighted by atomic mass is 9.80. The lowest BCUT2D eigenvalue weighted by molar-refractivity contribution is -0.223. The molecule has 4 rings (SSSR count). The second kappa shape index (κ2) is 9.75. The molecule has 0 aromatic rings. The van der Waals surface area contributed by atoms with Gasteiger partial charge in [-0.3, -0.25) is 9.59 Å². The molecule has 0 aromatic carbocycles. The Morgan fingerprint density at radius 3 is 1.71 bits per heavy atom. The van der Waals surface area contributed by atoms with E-state index in [1.54, 1.807) is 0 Å². The number of esters is 2. The van der Waals surface area contributed by atoms with Crippen LogP contribution in [0.25, 0.3) is 0 Å². The van der Waals surface area contributed by atoms with Gasteiger partial charge in [0.25, 0.3) is 0 Å². The van der Waals surface area contributed by atoms with Crippen LogP contribution >= 0.6 is 0 Å². The number of rotatable bonds is 7. The van der Waals surface area contributed by atoms with Crippen LogP contribution < -0.4 is 0 Å². The summed E-state index contributed by atoms with van der Waals surface area (Å²) in [6.45, 7) is 1.25. The second-order valence-electron chi connectivity index (χ2n) is 9.67. The molecule has 0 N–H and O–H groups in total. The van der Waals surface area contributed by atoms with Crippen LogP contribution in [0.2, 0.25) is 0 Å². The molecule has 35 heavy (non-hydrogen) atoms. The van der Waals surface area contributed by atoms with Crippen LogP contribution in [0.15, 0.2) is 0 Å². The molecule has 14 heteroatoms. The van der Waals surface area contributed by atoms with E-state index in [2.05, 4.69) is 0 Å². The van der Waals surface area contributed by atoms with Gasteiger partial charge in [0.2, 0.25) is 0 Å². The molecule has 9 nitrogen and oxygen atoms in total. The van der Waals surface area contributed by atoms with Crippen LogP contribution in [0.4, 0.5) is 17.6 Å². The molecule has 5 unspecified atom stereocenters. The van der Waals surface area contributed by atoms with Crippen LogP contribution in [-0.2, 0) is 38.7 Å². The highest BCUT2D eigenvalue weighted by Crippen LogP contribution is 2.59. The average Bonchev–Trinajstić information content (AvgIpc) is 3.39. The van der Waals surface area contributed by atoms with Crippen LogP contribution in [0, 0.1) is 29.6 Å². The van der Waals surface area contributed by atoms with Gasteiger partial charge in [0, 0.05) is 44.2 Å². The van der Waals surface area contributed by atoms with E-state index in [4.69, 9.17) is 18.9 Å². The highest BCUT2D eigenvalue weighted by atomic mass is 32.2. The first-order chi connectivity index (χ1) is 16.3. The first-order valence-electron chi connectivity index (χ1n) is 11.6. The van der Waals surface area contributed by atoms with Crippen molar-refractivity contribution in [3.63, 3.8) is 0 Å². The summed E-state index contributed by atoms with van der Waals surface area (Å²) in [5, 5.41) is -5.85. The first-order valence-corrected chi connectivity index (χ1v) is 13.0. The van der Waals surface area contributed by atoms with Crippen molar-refractivity contribution in [1.82, 2.24) is 0 Å². The summed E-state index contributed by atoms with van der Waals surface area (Å²) in [5.74, 6) is -12.2. The fraction of sp³-hybridized carbons (Fsp3) is 0.905. The molecule has 2 heterocycles. The predicted molar refractivity (Wildman–Crippen MR) is 106 cm³/mol. The molecule has 2 saturated heterocycles. The molecule has 5 atom stereocenters. The zero-order valence-electron chi connectivity index (χ0n) is 18.7. The lowest BCUT2D eigenvalue weighted by Crippen LogP contribution is -2.56. The van der Waals surface area contributed by atoms with Gasteiger partial charge >= 0.3 is 23.1 Å². The van der Waals surface area contributed by atoms with Gasteiger partial charge in [-0.25, -0.2) is 8.42 Å². The van der Waals surface area contributed by atoms with Gasteiger partial charge in [-0.05, 0) is 38.5 Å². The number of alkyl halides is 4. The molecular weight excluding hydrogens is 504 g/mol. The Balaban J connectivity index is 1.56. The number of carbonyl (C=O) groups excluding carboxylic acids is 2. The largest absolute Gasteiger partial charge is 0.743 e. The van der Waals surface area contributed by atoms with Crippen molar-refractivity contribution < 1.29 is 59.1 Å². The Labute approximate surface area is 199 Å². The zero-order valence-corrected chi connectivity index (χ0v) is 19.5. The summed E-state index contributed by atoms with van der Waals surface area (Å²) in [5.41, 5.74) is 0. The van der Waals surface area contributed by atoms with Gasteiger partial charge in [-0.2, -0.15) is 17.6 Å². The van der Waals surface area contributed by atoms with Crippen LogP contribution in [0.1, 0.15) is 38.5 Å². The Morgan fingerprint density at radius 1 is 0.800 bits per heavy atom. The van der Waals surface area contributed by atoms with Crippen LogP contribution in [-0.4, -0.2) is 74.7 Å². The minimum atomic E-state index is -6.67. The van der Waals surface area contributed by atoms with E-state index >= 15 is 0 Å². The van der Waals surface area contributed by atoms with Crippen molar-refractivity contribution in [3.8, 4) is 0 Å². The summed E-state index contributed by atoms with van der Waals surface area (Å²) >= 11 is 0. The minimum absolute atomic E-state index is 0.146. The predicted octanol–water partition coefficient (Wildman–Crippen LogP) is 2.09. The maximum atomic E-state index is 14.8. The summed E-state index contributed by atoms with van der Waals surface area (Å²) in [4.78, 5) is 25.5. The molecular formula is C21H27F4O9S-. The maximum Gasteiger partial charge on any atom is 0.396 e. The number of fused-ring (bicyclic) bond motifs is 2. The summed E-state index contributed by atoms with van der Waals surface area (Å²) in [7, 11) is -6.67. The number of hydrogen-bond acceptors (Lipinski definition) is 9. The first kappa shape index (κ1) is 26.6.